The van der Waals surface area contributed by atoms with Gasteiger partial charge in [-0.25, -0.2) is 9.59 Å². The molecule has 0 saturated carbocycles. The standard InChI is InChI=1S/C13H20N2O4/c1-6-11(13(17)18-5)19-12(16)10-7-9(8(2)3)14-15(10)4/h7-8,11H,6H2,1-5H3. The van der Waals surface area contributed by atoms with E-state index in [-0.39, 0.29) is 5.92 Å². The number of carbonyl (C=O) groups is 2. The van der Waals surface area contributed by atoms with Crippen molar-refractivity contribution in [1.29, 1.82) is 0 Å². The van der Waals surface area contributed by atoms with E-state index in [1.54, 1.807) is 20.0 Å². The van der Waals surface area contributed by atoms with E-state index in [4.69, 9.17) is 4.74 Å². The Kier molecular flexibility index (Phi) is 5.09. The maximum atomic E-state index is 12.0. The lowest BCUT2D eigenvalue weighted by Gasteiger charge is -2.13. The molecule has 6 heteroatoms. The molecule has 0 amide bonds. The summed E-state index contributed by atoms with van der Waals surface area (Å²) >= 11 is 0. The Hall–Kier alpha value is -1.85. The summed E-state index contributed by atoms with van der Waals surface area (Å²) in [5.74, 6) is -0.906. The highest BCUT2D eigenvalue weighted by Gasteiger charge is 2.24. The van der Waals surface area contributed by atoms with Gasteiger partial charge in [0.25, 0.3) is 0 Å². The van der Waals surface area contributed by atoms with E-state index in [0.717, 1.165) is 5.69 Å². The molecular weight excluding hydrogens is 248 g/mol. The summed E-state index contributed by atoms with van der Waals surface area (Å²) in [5, 5.41) is 4.23. The van der Waals surface area contributed by atoms with Gasteiger partial charge in [0.2, 0.25) is 0 Å². The normalized spacial score (nSPS) is 12.3. The van der Waals surface area contributed by atoms with Gasteiger partial charge in [0, 0.05) is 7.05 Å². The zero-order valence-electron chi connectivity index (χ0n) is 12.0. The van der Waals surface area contributed by atoms with E-state index < -0.39 is 18.0 Å². The Labute approximate surface area is 112 Å². The van der Waals surface area contributed by atoms with Crippen LogP contribution < -0.4 is 0 Å². The van der Waals surface area contributed by atoms with Crippen LogP contribution in [0.25, 0.3) is 0 Å². The molecule has 1 aromatic heterocycles. The van der Waals surface area contributed by atoms with Crippen molar-refractivity contribution >= 4 is 11.9 Å². The van der Waals surface area contributed by atoms with Crippen LogP contribution in [-0.2, 0) is 21.3 Å². The molecule has 0 aliphatic carbocycles. The molecule has 1 aromatic rings. The second-order valence-corrected chi connectivity index (χ2v) is 4.56. The lowest BCUT2D eigenvalue weighted by atomic mass is 10.1. The Morgan fingerprint density at radius 3 is 2.47 bits per heavy atom. The number of esters is 2. The highest BCUT2D eigenvalue weighted by atomic mass is 16.6. The van der Waals surface area contributed by atoms with E-state index in [1.165, 1.54) is 11.8 Å². The van der Waals surface area contributed by atoms with E-state index in [1.807, 2.05) is 13.8 Å². The van der Waals surface area contributed by atoms with Crippen LogP contribution in [0.5, 0.6) is 0 Å². The molecule has 0 aliphatic rings. The van der Waals surface area contributed by atoms with Gasteiger partial charge in [-0.15, -0.1) is 0 Å². The van der Waals surface area contributed by atoms with Gasteiger partial charge in [-0.1, -0.05) is 20.8 Å². The topological polar surface area (TPSA) is 70.4 Å². The minimum Gasteiger partial charge on any atom is -0.466 e. The average molecular weight is 268 g/mol. The summed E-state index contributed by atoms with van der Waals surface area (Å²) < 4.78 is 11.2. The largest absolute Gasteiger partial charge is 0.466 e. The van der Waals surface area contributed by atoms with E-state index in [2.05, 4.69) is 9.84 Å². The van der Waals surface area contributed by atoms with Crippen molar-refractivity contribution < 1.29 is 19.1 Å². The summed E-state index contributed by atoms with van der Waals surface area (Å²) in [4.78, 5) is 23.4. The summed E-state index contributed by atoms with van der Waals surface area (Å²) in [6, 6.07) is 1.68. The molecule has 0 radical (unpaired) electrons. The number of aryl methyl sites for hydroxylation is 1. The molecule has 0 N–H and O–H groups in total. The van der Waals surface area contributed by atoms with Gasteiger partial charge < -0.3 is 9.47 Å². The van der Waals surface area contributed by atoms with Crippen LogP contribution in [0.3, 0.4) is 0 Å². The van der Waals surface area contributed by atoms with Gasteiger partial charge in [-0.05, 0) is 18.4 Å². The van der Waals surface area contributed by atoms with Crippen molar-refractivity contribution in [2.75, 3.05) is 7.11 Å². The van der Waals surface area contributed by atoms with Crippen LogP contribution in [0, 0.1) is 0 Å². The maximum Gasteiger partial charge on any atom is 0.357 e. The first kappa shape index (κ1) is 15.2. The molecular formula is C13H20N2O4. The van der Waals surface area contributed by atoms with Gasteiger partial charge in [0.1, 0.15) is 5.69 Å². The minimum absolute atomic E-state index is 0.218. The highest BCUT2D eigenvalue weighted by molar-refractivity contribution is 5.90. The van der Waals surface area contributed by atoms with Crippen molar-refractivity contribution in [2.45, 2.75) is 39.2 Å². The fraction of sp³-hybridized carbons (Fsp3) is 0.615. The predicted octanol–water partition coefficient (Wildman–Crippen LogP) is 1.65. The van der Waals surface area contributed by atoms with Crippen molar-refractivity contribution in [3.05, 3.63) is 17.5 Å². The number of aromatic nitrogens is 2. The Bertz CT molecular complexity index is 465. The molecule has 106 valence electrons. The number of hydrogen-bond donors (Lipinski definition) is 0. The van der Waals surface area contributed by atoms with E-state index in [9.17, 15) is 9.59 Å². The number of nitrogens with zero attached hydrogens (tertiary/aromatic N) is 2. The Morgan fingerprint density at radius 2 is 2.05 bits per heavy atom. The van der Waals surface area contributed by atoms with Crippen LogP contribution in [0.2, 0.25) is 0 Å². The first-order valence-electron chi connectivity index (χ1n) is 6.23. The molecule has 1 atom stereocenters. The lowest BCUT2D eigenvalue weighted by molar-refractivity contribution is -0.151. The first-order chi connectivity index (χ1) is 8.90. The minimum atomic E-state index is -0.880. The van der Waals surface area contributed by atoms with Gasteiger partial charge in [-0.2, -0.15) is 5.10 Å². The number of carbonyl (C=O) groups excluding carboxylic acids is 2. The molecule has 0 aromatic carbocycles. The van der Waals surface area contributed by atoms with Crippen LogP contribution in [0.1, 0.15) is 49.3 Å². The molecule has 6 nitrogen and oxygen atoms in total. The average Bonchev–Trinajstić information content (AvgIpc) is 2.77. The summed E-state index contributed by atoms with van der Waals surface area (Å²) in [6.45, 7) is 5.72. The quantitative estimate of drug-likeness (QED) is 0.759. The molecule has 0 saturated heterocycles. The summed E-state index contributed by atoms with van der Waals surface area (Å²) in [7, 11) is 2.93. The van der Waals surface area contributed by atoms with Crippen molar-refractivity contribution in [1.82, 2.24) is 9.78 Å². The summed E-state index contributed by atoms with van der Waals surface area (Å²) in [5.41, 5.74) is 1.13. The van der Waals surface area contributed by atoms with Crippen LogP contribution in [-0.4, -0.2) is 34.9 Å². The third-order valence-electron chi connectivity index (χ3n) is 2.78. The Morgan fingerprint density at radius 1 is 1.42 bits per heavy atom. The SMILES string of the molecule is CCC(OC(=O)c1cc(C(C)C)nn1C)C(=O)OC. The van der Waals surface area contributed by atoms with Crippen molar-refractivity contribution in [3.8, 4) is 0 Å². The highest BCUT2D eigenvalue weighted by Crippen LogP contribution is 2.15. The first-order valence-corrected chi connectivity index (χ1v) is 6.23. The van der Waals surface area contributed by atoms with Crippen molar-refractivity contribution in [2.24, 2.45) is 7.05 Å². The summed E-state index contributed by atoms with van der Waals surface area (Å²) in [6.07, 6.45) is -0.511. The van der Waals surface area contributed by atoms with E-state index in [0.29, 0.717) is 12.1 Å². The van der Waals surface area contributed by atoms with Gasteiger partial charge >= 0.3 is 11.9 Å². The van der Waals surface area contributed by atoms with E-state index >= 15 is 0 Å². The monoisotopic (exact) mass is 268 g/mol. The second-order valence-electron chi connectivity index (χ2n) is 4.56. The molecule has 0 aliphatic heterocycles. The van der Waals surface area contributed by atoms with Crippen LogP contribution in [0.4, 0.5) is 0 Å². The molecule has 1 rings (SSSR count). The zero-order chi connectivity index (χ0) is 14.6. The van der Waals surface area contributed by atoms with Gasteiger partial charge in [0.05, 0.1) is 12.8 Å². The molecule has 0 spiro atoms. The third-order valence-corrected chi connectivity index (χ3v) is 2.78. The molecule has 19 heavy (non-hydrogen) atoms. The van der Waals surface area contributed by atoms with Crippen LogP contribution >= 0.6 is 0 Å². The fourth-order valence-corrected chi connectivity index (χ4v) is 1.58. The third kappa shape index (κ3) is 3.56. The predicted molar refractivity (Wildman–Crippen MR) is 68.8 cm³/mol. The van der Waals surface area contributed by atoms with Crippen molar-refractivity contribution in [3.63, 3.8) is 0 Å². The number of methoxy groups -OCH3 is 1. The number of hydrogen-bond acceptors (Lipinski definition) is 5. The van der Waals surface area contributed by atoms with Gasteiger partial charge in [0.15, 0.2) is 6.10 Å². The molecule has 0 bridgehead atoms. The number of rotatable bonds is 5. The van der Waals surface area contributed by atoms with Crippen LogP contribution in [0.15, 0.2) is 6.07 Å². The smallest absolute Gasteiger partial charge is 0.357 e. The Balaban J connectivity index is 2.85. The zero-order valence-corrected chi connectivity index (χ0v) is 12.0. The maximum absolute atomic E-state index is 12.0. The number of ether oxygens (including phenoxy) is 2. The molecule has 1 unspecified atom stereocenters. The second kappa shape index (κ2) is 6.36. The fourth-order valence-electron chi connectivity index (χ4n) is 1.58. The molecule has 1 heterocycles. The lowest BCUT2D eigenvalue weighted by Crippen LogP contribution is -2.28. The van der Waals surface area contributed by atoms with Gasteiger partial charge in [-0.3, -0.25) is 4.68 Å². The molecule has 0 fully saturated rings.